The van der Waals surface area contributed by atoms with Crippen LogP contribution in [0, 0.1) is 0 Å². The summed E-state index contributed by atoms with van der Waals surface area (Å²) in [7, 11) is 1.66. The first-order chi connectivity index (χ1) is 8.72. The van der Waals surface area contributed by atoms with Crippen molar-refractivity contribution in [3.05, 3.63) is 0 Å². The summed E-state index contributed by atoms with van der Waals surface area (Å²) >= 11 is 0. The van der Waals surface area contributed by atoms with Crippen LogP contribution in [0.1, 0.15) is 20.3 Å². The summed E-state index contributed by atoms with van der Waals surface area (Å²) < 4.78 is 15.7. The molecule has 0 radical (unpaired) electrons. The molecule has 110 valence electrons. The van der Waals surface area contributed by atoms with E-state index in [-0.39, 0.29) is 6.61 Å². The van der Waals surface area contributed by atoms with Gasteiger partial charge in [-0.25, -0.2) is 0 Å². The third kappa shape index (κ3) is 10.9. The summed E-state index contributed by atoms with van der Waals surface area (Å²) in [6.07, 6.45) is 0.818. The molecule has 0 saturated carbocycles. The number of hydrogen-bond donors (Lipinski definition) is 1. The molecule has 0 aliphatic carbocycles. The Bertz CT molecular complexity index is 167. The molecule has 0 rings (SSSR count). The van der Waals surface area contributed by atoms with Gasteiger partial charge < -0.3 is 19.3 Å². The highest BCUT2D eigenvalue weighted by Crippen LogP contribution is 1.99. The number of methoxy groups -OCH3 is 1. The third-order valence-electron chi connectivity index (χ3n) is 2.66. The van der Waals surface area contributed by atoms with E-state index in [1.807, 2.05) is 0 Å². The lowest BCUT2D eigenvalue weighted by atomic mass is 10.3. The van der Waals surface area contributed by atoms with E-state index in [1.165, 1.54) is 0 Å². The fourth-order valence-corrected chi connectivity index (χ4v) is 1.55. The molecule has 0 aromatic rings. The van der Waals surface area contributed by atoms with Crippen molar-refractivity contribution in [2.45, 2.75) is 26.3 Å². The average Bonchev–Trinajstić information content (AvgIpc) is 2.35. The van der Waals surface area contributed by atoms with Crippen LogP contribution < -0.4 is 0 Å². The van der Waals surface area contributed by atoms with Gasteiger partial charge in [0.1, 0.15) is 0 Å². The Kier molecular flexibility index (Phi) is 13.1. The van der Waals surface area contributed by atoms with Crippen LogP contribution in [0.3, 0.4) is 0 Å². The van der Waals surface area contributed by atoms with E-state index in [0.29, 0.717) is 39.1 Å². The minimum atomic E-state index is 0.247. The van der Waals surface area contributed by atoms with Gasteiger partial charge in [0.05, 0.1) is 33.0 Å². The van der Waals surface area contributed by atoms with Gasteiger partial charge in [0.25, 0.3) is 0 Å². The summed E-state index contributed by atoms with van der Waals surface area (Å²) in [6.45, 7) is 9.57. The van der Waals surface area contributed by atoms with E-state index in [9.17, 15) is 0 Å². The molecule has 0 aliphatic rings. The summed E-state index contributed by atoms with van der Waals surface area (Å²) in [5.74, 6) is 0. The number of rotatable bonds is 13. The molecule has 0 saturated heterocycles. The highest BCUT2D eigenvalue weighted by Gasteiger charge is 2.08. The minimum absolute atomic E-state index is 0.247. The predicted molar refractivity (Wildman–Crippen MR) is 71.9 cm³/mol. The Morgan fingerprint density at radius 3 is 2.11 bits per heavy atom. The lowest BCUT2D eigenvalue weighted by molar-refractivity contribution is 0.0171. The number of aliphatic hydroxyl groups excluding tert-OH is 1. The molecule has 0 aromatic heterocycles. The molecule has 5 heteroatoms. The van der Waals surface area contributed by atoms with Crippen LogP contribution in [-0.4, -0.2) is 75.9 Å². The normalized spacial score (nSPS) is 11.7. The second-order valence-electron chi connectivity index (χ2n) is 4.42. The Morgan fingerprint density at radius 1 is 0.944 bits per heavy atom. The van der Waals surface area contributed by atoms with E-state index in [0.717, 1.165) is 19.5 Å². The lowest BCUT2D eigenvalue weighted by Crippen LogP contribution is -2.35. The first-order valence-electron chi connectivity index (χ1n) is 6.71. The van der Waals surface area contributed by atoms with Crippen molar-refractivity contribution in [1.29, 1.82) is 0 Å². The van der Waals surface area contributed by atoms with Gasteiger partial charge in [0.15, 0.2) is 0 Å². The van der Waals surface area contributed by atoms with Gasteiger partial charge in [0.2, 0.25) is 0 Å². The average molecular weight is 263 g/mol. The maximum atomic E-state index is 8.82. The van der Waals surface area contributed by atoms with E-state index in [1.54, 1.807) is 7.11 Å². The van der Waals surface area contributed by atoms with Crippen molar-refractivity contribution in [3.8, 4) is 0 Å². The Labute approximate surface area is 111 Å². The maximum absolute atomic E-state index is 8.82. The molecule has 0 heterocycles. The molecule has 0 aromatic carbocycles. The second-order valence-corrected chi connectivity index (χ2v) is 4.42. The van der Waals surface area contributed by atoms with Crippen LogP contribution in [0.2, 0.25) is 0 Å². The first kappa shape index (κ1) is 17.8. The van der Waals surface area contributed by atoms with Gasteiger partial charge in [0, 0.05) is 32.8 Å². The molecule has 5 nitrogen and oxygen atoms in total. The second kappa shape index (κ2) is 13.2. The number of aliphatic hydroxyl groups is 1. The van der Waals surface area contributed by atoms with Gasteiger partial charge in [-0.05, 0) is 20.3 Å². The van der Waals surface area contributed by atoms with Crippen LogP contribution in [0.15, 0.2) is 0 Å². The fourth-order valence-electron chi connectivity index (χ4n) is 1.55. The van der Waals surface area contributed by atoms with Crippen molar-refractivity contribution in [1.82, 2.24) is 4.90 Å². The minimum Gasteiger partial charge on any atom is -0.396 e. The topological polar surface area (TPSA) is 51.2 Å². The highest BCUT2D eigenvalue weighted by atomic mass is 16.5. The quantitative estimate of drug-likeness (QED) is 0.497. The maximum Gasteiger partial charge on any atom is 0.0701 e. The molecule has 0 unspecified atom stereocenters. The Hall–Kier alpha value is -0.200. The van der Waals surface area contributed by atoms with Crippen molar-refractivity contribution in [2.24, 2.45) is 0 Å². The smallest absolute Gasteiger partial charge is 0.0701 e. The van der Waals surface area contributed by atoms with E-state index < -0.39 is 0 Å². The highest BCUT2D eigenvalue weighted by molar-refractivity contribution is 4.62. The van der Waals surface area contributed by atoms with Crippen LogP contribution in [0.4, 0.5) is 0 Å². The Balaban J connectivity index is 3.37. The van der Waals surface area contributed by atoms with Crippen molar-refractivity contribution >= 4 is 0 Å². The largest absolute Gasteiger partial charge is 0.396 e. The van der Waals surface area contributed by atoms with Crippen LogP contribution in [0.25, 0.3) is 0 Å². The van der Waals surface area contributed by atoms with Gasteiger partial charge in [-0.3, -0.25) is 4.90 Å². The molecule has 0 aliphatic heterocycles. The summed E-state index contributed by atoms with van der Waals surface area (Å²) in [4.78, 5) is 2.31. The summed E-state index contributed by atoms with van der Waals surface area (Å²) in [5, 5.41) is 8.82. The zero-order valence-electron chi connectivity index (χ0n) is 12.1. The summed E-state index contributed by atoms with van der Waals surface area (Å²) in [6, 6.07) is 0.484. The first-order valence-corrected chi connectivity index (χ1v) is 6.71. The van der Waals surface area contributed by atoms with E-state index >= 15 is 0 Å². The van der Waals surface area contributed by atoms with Gasteiger partial charge in [-0.2, -0.15) is 0 Å². The zero-order valence-corrected chi connectivity index (χ0v) is 12.1. The van der Waals surface area contributed by atoms with Crippen molar-refractivity contribution < 1.29 is 19.3 Å². The standard InChI is InChI=1S/C13H29NO4/c1-13(2)14(5-4-7-15)6-8-17-11-12-18-10-9-16-3/h13,15H,4-12H2,1-3H3. The molecule has 0 amide bonds. The molecular formula is C13H29NO4. The molecule has 0 fully saturated rings. The molecular weight excluding hydrogens is 234 g/mol. The monoisotopic (exact) mass is 263 g/mol. The van der Waals surface area contributed by atoms with Gasteiger partial charge in [-0.1, -0.05) is 0 Å². The van der Waals surface area contributed by atoms with Crippen LogP contribution in [0.5, 0.6) is 0 Å². The fraction of sp³-hybridized carbons (Fsp3) is 1.00. The van der Waals surface area contributed by atoms with Crippen molar-refractivity contribution in [2.75, 3.05) is 59.8 Å². The Morgan fingerprint density at radius 2 is 1.56 bits per heavy atom. The molecule has 18 heavy (non-hydrogen) atoms. The van der Waals surface area contributed by atoms with Crippen molar-refractivity contribution in [3.63, 3.8) is 0 Å². The lowest BCUT2D eigenvalue weighted by Gasteiger charge is -2.25. The van der Waals surface area contributed by atoms with E-state index in [2.05, 4.69) is 18.7 Å². The predicted octanol–water partition coefficient (Wildman–Crippen LogP) is 0.759. The summed E-state index contributed by atoms with van der Waals surface area (Å²) in [5.41, 5.74) is 0. The molecule has 0 spiro atoms. The molecule has 0 bridgehead atoms. The molecule has 0 atom stereocenters. The zero-order chi connectivity index (χ0) is 13.6. The van der Waals surface area contributed by atoms with Gasteiger partial charge in [-0.15, -0.1) is 0 Å². The number of nitrogens with zero attached hydrogens (tertiary/aromatic N) is 1. The van der Waals surface area contributed by atoms with Crippen LogP contribution in [-0.2, 0) is 14.2 Å². The number of ether oxygens (including phenoxy) is 3. The van der Waals surface area contributed by atoms with E-state index in [4.69, 9.17) is 19.3 Å². The SMILES string of the molecule is COCCOCCOCCN(CCCO)C(C)C. The van der Waals surface area contributed by atoms with Crippen LogP contribution >= 0.6 is 0 Å². The van der Waals surface area contributed by atoms with Gasteiger partial charge >= 0.3 is 0 Å². The molecule has 1 N–H and O–H groups in total. The number of hydrogen-bond acceptors (Lipinski definition) is 5. The third-order valence-corrected chi connectivity index (χ3v) is 2.66.